The van der Waals surface area contributed by atoms with Gasteiger partial charge in [-0.2, -0.15) is 0 Å². The van der Waals surface area contributed by atoms with E-state index in [1.807, 2.05) is 32.9 Å². The van der Waals surface area contributed by atoms with Gasteiger partial charge in [-0.25, -0.2) is 4.90 Å². The van der Waals surface area contributed by atoms with Crippen molar-refractivity contribution in [1.29, 1.82) is 0 Å². The van der Waals surface area contributed by atoms with Gasteiger partial charge in [-0.15, -0.1) is 0 Å². The maximum atomic E-state index is 13.3. The minimum atomic E-state index is -0.812. The number of hydrogen-bond acceptors (Lipinski definition) is 4. The average Bonchev–Trinajstić information content (AvgIpc) is 3.02. The lowest BCUT2D eigenvalue weighted by molar-refractivity contribution is -0.122. The lowest BCUT2D eigenvalue weighted by Gasteiger charge is -2.33. The molecule has 1 fully saturated rings. The summed E-state index contributed by atoms with van der Waals surface area (Å²) < 4.78 is 5.15. The van der Waals surface area contributed by atoms with Crippen LogP contribution in [0.25, 0.3) is 0 Å². The fraction of sp³-hybridized carbons (Fsp3) is 0.348. The number of aryl methyl sites for hydroxylation is 1. The molecule has 1 saturated heterocycles. The number of nitrogens with zero attached hydrogens (tertiary/aromatic N) is 2. The summed E-state index contributed by atoms with van der Waals surface area (Å²) >= 11 is 0. The zero-order chi connectivity index (χ0) is 21.1. The molecule has 3 rings (SSSR count). The van der Waals surface area contributed by atoms with Crippen LogP contribution in [-0.2, 0) is 9.59 Å². The number of ether oxygens (including phenoxy) is 1. The van der Waals surface area contributed by atoms with Crippen molar-refractivity contribution in [2.45, 2.75) is 45.7 Å². The molecule has 29 heavy (non-hydrogen) atoms. The summed E-state index contributed by atoms with van der Waals surface area (Å²) in [6.45, 7) is 5.80. The van der Waals surface area contributed by atoms with Gasteiger partial charge in [-0.05, 0) is 56.7 Å². The van der Waals surface area contributed by atoms with Crippen molar-refractivity contribution in [3.63, 3.8) is 0 Å². The maximum Gasteiger partial charge on any atom is 0.257 e. The standard InChI is InChI=1S/C23H26N2O4/c1-5-16(3)24(22(27)17-8-12-19(29-4)13-9-17)20-14-21(26)25(23(20)28)18-10-6-15(2)7-11-18/h6-13,16,20H,5,14H2,1-4H3. The molecule has 0 aromatic heterocycles. The molecule has 0 radical (unpaired) electrons. The van der Waals surface area contributed by atoms with Gasteiger partial charge in [-0.3, -0.25) is 14.4 Å². The summed E-state index contributed by atoms with van der Waals surface area (Å²) in [5, 5.41) is 0. The van der Waals surface area contributed by atoms with E-state index in [0.717, 1.165) is 5.56 Å². The zero-order valence-corrected chi connectivity index (χ0v) is 17.2. The molecule has 1 heterocycles. The van der Waals surface area contributed by atoms with Gasteiger partial charge in [0, 0.05) is 11.6 Å². The first kappa shape index (κ1) is 20.6. The van der Waals surface area contributed by atoms with Crippen molar-refractivity contribution in [3.05, 3.63) is 59.7 Å². The van der Waals surface area contributed by atoms with E-state index in [1.54, 1.807) is 48.4 Å². The van der Waals surface area contributed by atoms with Crippen molar-refractivity contribution in [2.75, 3.05) is 12.0 Å². The van der Waals surface area contributed by atoms with Gasteiger partial charge in [0.15, 0.2) is 0 Å². The Bertz CT molecular complexity index is 905. The highest BCUT2D eigenvalue weighted by Crippen LogP contribution is 2.29. The molecule has 1 aliphatic rings. The van der Waals surface area contributed by atoms with Crippen LogP contribution in [0.4, 0.5) is 5.69 Å². The first-order valence-corrected chi connectivity index (χ1v) is 9.77. The minimum absolute atomic E-state index is 0.0149. The van der Waals surface area contributed by atoms with Gasteiger partial charge in [0.2, 0.25) is 5.91 Å². The number of carbonyl (C=O) groups excluding carboxylic acids is 3. The number of rotatable bonds is 6. The van der Waals surface area contributed by atoms with Gasteiger partial charge in [0.05, 0.1) is 19.2 Å². The summed E-state index contributed by atoms with van der Waals surface area (Å²) in [6, 6.07) is 13.0. The van der Waals surface area contributed by atoms with E-state index in [9.17, 15) is 14.4 Å². The Kier molecular flexibility index (Phi) is 6.01. The second-order valence-corrected chi connectivity index (χ2v) is 7.32. The first-order valence-electron chi connectivity index (χ1n) is 9.77. The summed E-state index contributed by atoms with van der Waals surface area (Å²) in [4.78, 5) is 41.9. The lowest BCUT2D eigenvalue weighted by Crippen LogP contribution is -2.49. The van der Waals surface area contributed by atoms with Crippen molar-refractivity contribution < 1.29 is 19.1 Å². The van der Waals surface area contributed by atoms with Crippen molar-refractivity contribution in [1.82, 2.24) is 4.90 Å². The third kappa shape index (κ3) is 4.01. The van der Waals surface area contributed by atoms with E-state index in [1.165, 1.54) is 4.90 Å². The molecule has 0 N–H and O–H groups in total. The highest BCUT2D eigenvalue weighted by molar-refractivity contribution is 6.23. The summed E-state index contributed by atoms with van der Waals surface area (Å²) in [6.07, 6.45) is 0.656. The van der Waals surface area contributed by atoms with E-state index >= 15 is 0 Å². The molecule has 2 aromatic rings. The van der Waals surface area contributed by atoms with Crippen LogP contribution in [0.15, 0.2) is 48.5 Å². The zero-order valence-electron chi connectivity index (χ0n) is 17.2. The van der Waals surface area contributed by atoms with E-state index in [-0.39, 0.29) is 30.2 Å². The van der Waals surface area contributed by atoms with Crippen LogP contribution >= 0.6 is 0 Å². The Morgan fingerprint density at radius 3 is 2.31 bits per heavy atom. The molecule has 6 nitrogen and oxygen atoms in total. The van der Waals surface area contributed by atoms with Gasteiger partial charge < -0.3 is 9.64 Å². The normalized spacial score (nSPS) is 17.4. The Hall–Kier alpha value is -3.15. The topological polar surface area (TPSA) is 66.9 Å². The number of methoxy groups -OCH3 is 1. The fourth-order valence-electron chi connectivity index (χ4n) is 3.53. The molecular formula is C23H26N2O4. The molecule has 1 aliphatic heterocycles. The summed E-state index contributed by atoms with van der Waals surface area (Å²) in [5.41, 5.74) is 2.04. The third-order valence-electron chi connectivity index (χ3n) is 5.39. The monoisotopic (exact) mass is 394 g/mol. The van der Waals surface area contributed by atoms with Crippen molar-refractivity contribution in [2.24, 2.45) is 0 Å². The second-order valence-electron chi connectivity index (χ2n) is 7.32. The largest absolute Gasteiger partial charge is 0.497 e. The van der Waals surface area contributed by atoms with E-state index in [4.69, 9.17) is 4.74 Å². The number of amides is 3. The van der Waals surface area contributed by atoms with Gasteiger partial charge in [0.1, 0.15) is 11.8 Å². The first-order chi connectivity index (χ1) is 13.9. The quantitative estimate of drug-likeness (QED) is 0.703. The highest BCUT2D eigenvalue weighted by atomic mass is 16.5. The van der Waals surface area contributed by atoms with Gasteiger partial charge in [0.25, 0.3) is 11.8 Å². The third-order valence-corrected chi connectivity index (χ3v) is 5.39. The predicted molar refractivity (Wildman–Crippen MR) is 111 cm³/mol. The fourth-order valence-corrected chi connectivity index (χ4v) is 3.53. The van der Waals surface area contributed by atoms with Crippen LogP contribution < -0.4 is 9.64 Å². The van der Waals surface area contributed by atoms with Crippen molar-refractivity contribution in [3.8, 4) is 5.75 Å². The molecule has 0 aliphatic carbocycles. The molecular weight excluding hydrogens is 368 g/mol. The Labute approximate surface area is 171 Å². The predicted octanol–water partition coefficient (Wildman–Crippen LogP) is 3.58. The maximum absolute atomic E-state index is 13.3. The highest BCUT2D eigenvalue weighted by Gasteiger charge is 2.45. The van der Waals surface area contributed by atoms with Crippen LogP contribution in [0.5, 0.6) is 5.75 Å². The van der Waals surface area contributed by atoms with Gasteiger partial charge >= 0.3 is 0 Å². The van der Waals surface area contributed by atoms with E-state index < -0.39 is 6.04 Å². The Balaban J connectivity index is 1.92. The molecule has 2 unspecified atom stereocenters. The molecule has 0 saturated carbocycles. The number of hydrogen-bond donors (Lipinski definition) is 0. The van der Waals surface area contributed by atoms with Crippen LogP contribution in [0, 0.1) is 6.92 Å². The Morgan fingerprint density at radius 1 is 1.14 bits per heavy atom. The molecule has 3 amide bonds. The number of imide groups is 1. The number of anilines is 1. The van der Waals surface area contributed by atoms with E-state index in [0.29, 0.717) is 23.4 Å². The van der Waals surface area contributed by atoms with Crippen LogP contribution in [0.3, 0.4) is 0 Å². The second kappa shape index (κ2) is 8.47. The average molecular weight is 394 g/mol. The smallest absolute Gasteiger partial charge is 0.257 e. The van der Waals surface area contributed by atoms with Crippen LogP contribution in [0.1, 0.15) is 42.6 Å². The number of carbonyl (C=O) groups is 3. The van der Waals surface area contributed by atoms with Crippen LogP contribution in [0.2, 0.25) is 0 Å². The van der Waals surface area contributed by atoms with Crippen molar-refractivity contribution >= 4 is 23.4 Å². The Morgan fingerprint density at radius 2 is 1.76 bits per heavy atom. The SMILES string of the molecule is CCC(C)N(C(=O)c1ccc(OC)cc1)C1CC(=O)N(c2ccc(C)cc2)C1=O. The van der Waals surface area contributed by atoms with Gasteiger partial charge in [-0.1, -0.05) is 24.6 Å². The van der Waals surface area contributed by atoms with Crippen LogP contribution in [-0.4, -0.2) is 41.8 Å². The molecule has 2 aromatic carbocycles. The molecule has 0 spiro atoms. The number of benzene rings is 2. The minimum Gasteiger partial charge on any atom is -0.497 e. The molecule has 0 bridgehead atoms. The summed E-state index contributed by atoms with van der Waals surface area (Å²) in [5.74, 6) is -0.270. The lowest BCUT2D eigenvalue weighted by atomic mass is 10.1. The molecule has 152 valence electrons. The van der Waals surface area contributed by atoms with E-state index in [2.05, 4.69) is 0 Å². The summed E-state index contributed by atoms with van der Waals surface area (Å²) in [7, 11) is 1.56. The molecule has 6 heteroatoms. The molecule has 2 atom stereocenters.